The molecule has 0 aliphatic rings. The summed E-state index contributed by atoms with van der Waals surface area (Å²) in [5.41, 5.74) is 2.01. The van der Waals surface area contributed by atoms with Gasteiger partial charge in [0.2, 0.25) is 5.88 Å². The lowest BCUT2D eigenvalue weighted by Gasteiger charge is -2.13. The molecule has 2 aromatic rings. The first-order chi connectivity index (χ1) is 9.20. The first-order valence-electron chi connectivity index (χ1n) is 6.49. The van der Waals surface area contributed by atoms with Crippen molar-refractivity contribution in [2.24, 2.45) is 0 Å². The lowest BCUT2D eigenvalue weighted by Crippen LogP contribution is -2.17. The van der Waals surface area contributed by atoms with Crippen LogP contribution in [0.2, 0.25) is 0 Å². The second-order valence-corrected chi connectivity index (χ2v) is 4.40. The molecule has 0 saturated heterocycles. The summed E-state index contributed by atoms with van der Waals surface area (Å²) < 4.78 is 5.71. The standard InChI is InChI=1S/C15H19N3O/c1-4-16-11(2)13-7-8-15(18-10-13)19-14-6-5-9-17-12(14)3/h5-11,16H,4H2,1-3H3. The summed E-state index contributed by atoms with van der Waals surface area (Å²) in [6.45, 7) is 7.06. The van der Waals surface area contributed by atoms with E-state index >= 15 is 0 Å². The number of ether oxygens (including phenoxy) is 1. The fraction of sp³-hybridized carbons (Fsp3) is 0.333. The molecule has 0 aliphatic carbocycles. The topological polar surface area (TPSA) is 47.0 Å². The van der Waals surface area contributed by atoms with E-state index in [1.807, 2.05) is 37.4 Å². The number of nitrogens with zero attached hydrogens (tertiary/aromatic N) is 2. The monoisotopic (exact) mass is 257 g/mol. The zero-order valence-corrected chi connectivity index (χ0v) is 11.6. The zero-order valence-electron chi connectivity index (χ0n) is 11.6. The van der Waals surface area contributed by atoms with Crippen molar-refractivity contribution in [3.05, 3.63) is 47.9 Å². The molecule has 1 unspecified atom stereocenters. The van der Waals surface area contributed by atoms with E-state index in [1.165, 1.54) is 0 Å². The Kier molecular flexibility index (Phi) is 4.47. The highest BCUT2D eigenvalue weighted by Crippen LogP contribution is 2.22. The lowest BCUT2D eigenvalue weighted by molar-refractivity contribution is 0.455. The van der Waals surface area contributed by atoms with E-state index in [1.54, 1.807) is 6.20 Å². The van der Waals surface area contributed by atoms with Gasteiger partial charge in [-0.05, 0) is 38.1 Å². The maximum atomic E-state index is 5.71. The Hall–Kier alpha value is -1.94. The molecule has 0 bridgehead atoms. The quantitative estimate of drug-likeness (QED) is 0.893. The highest BCUT2D eigenvalue weighted by molar-refractivity contribution is 5.30. The Morgan fingerprint density at radius 2 is 2.11 bits per heavy atom. The van der Waals surface area contributed by atoms with Crippen LogP contribution in [0, 0.1) is 6.92 Å². The van der Waals surface area contributed by atoms with Gasteiger partial charge in [0.15, 0.2) is 5.75 Å². The molecule has 0 saturated carbocycles. The Morgan fingerprint density at radius 1 is 1.26 bits per heavy atom. The van der Waals surface area contributed by atoms with E-state index in [2.05, 4.69) is 29.1 Å². The van der Waals surface area contributed by atoms with Crippen molar-refractivity contribution in [1.29, 1.82) is 0 Å². The van der Waals surface area contributed by atoms with E-state index in [0.29, 0.717) is 11.9 Å². The van der Waals surface area contributed by atoms with Crippen LogP contribution in [0.25, 0.3) is 0 Å². The smallest absolute Gasteiger partial charge is 0.219 e. The van der Waals surface area contributed by atoms with E-state index in [0.717, 1.165) is 23.6 Å². The predicted octanol–water partition coefficient (Wildman–Crippen LogP) is 3.25. The molecule has 1 N–H and O–H groups in total. The molecular formula is C15H19N3O. The van der Waals surface area contributed by atoms with Crippen LogP contribution in [0.3, 0.4) is 0 Å². The highest BCUT2D eigenvalue weighted by atomic mass is 16.5. The van der Waals surface area contributed by atoms with E-state index in [4.69, 9.17) is 4.74 Å². The van der Waals surface area contributed by atoms with Gasteiger partial charge in [0.05, 0.1) is 5.69 Å². The normalized spacial score (nSPS) is 12.2. The minimum absolute atomic E-state index is 0.298. The SMILES string of the molecule is CCNC(C)c1ccc(Oc2cccnc2C)nc1. The number of aromatic nitrogens is 2. The molecule has 2 rings (SSSR count). The van der Waals surface area contributed by atoms with Crippen molar-refractivity contribution >= 4 is 0 Å². The van der Waals surface area contributed by atoms with Gasteiger partial charge in [0.1, 0.15) is 0 Å². The Morgan fingerprint density at radius 3 is 2.74 bits per heavy atom. The second kappa shape index (κ2) is 6.29. The third-order valence-corrected chi connectivity index (χ3v) is 2.94. The van der Waals surface area contributed by atoms with E-state index < -0.39 is 0 Å². The number of nitrogens with one attached hydrogen (secondary N) is 1. The molecule has 0 amide bonds. The average Bonchev–Trinajstić information content (AvgIpc) is 2.42. The van der Waals surface area contributed by atoms with Gasteiger partial charge >= 0.3 is 0 Å². The molecule has 2 aromatic heterocycles. The Labute approximate surface area is 113 Å². The zero-order chi connectivity index (χ0) is 13.7. The van der Waals surface area contributed by atoms with Gasteiger partial charge in [0.25, 0.3) is 0 Å². The Bertz CT molecular complexity index is 525. The number of pyridine rings is 2. The summed E-state index contributed by atoms with van der Waals surface area (Å²) in [6, 6.07) is 7.95. The van der Waals surface area contributed by atoms with Crippen LogP contribution in [0.1, 0.15) is 31.1 Å². The number of aryl methyl sites for hydroxylation is 1. The van der Waals surface area contributed by atoms with Crippen molar-refractivity contribution in [2.45, 2.75) is 26.8 Å². The van der Waals surface area contributed by atoms with Crippen molar-refractivity contribution in [1.82, 2.24) is 15.3 Å². The molecule has 0 spiro atoms. The van der Waals surface area contributed by atoms with Crippen molar-refractivity contribution in [2.75, 3.05) is 6.54 Å². The van der Waals surface area contributed by atoms with E-state index in [-0.39, 0.29) is 0 Å². The van der Waals surface area contributed by atoms with Gasteiger partial charge in [0, 0.05) is 24.5 Å². The van der Waals surface area contributed by atoms with Gasteiger partial charge in [-0.25, -0.2) is 4.98 Å². The molecule has 0 aromatic carbocycles. The van der Waals surface area contributed by atoms with Crippen LogP contribution in [0.5, 0.6) is 11.6 Å². The maximum absolute atomic E-state index is 5.71. The summed E-state index contributed by atoms with van der Waals surface area (Å²) in [4.78, 5) is 8.51. The summed E-state index contributed by atoms with van der Waals surface area (Å²) in [5, 5.41) is 3.35. The van der Waals surface area contributed by atoms with Gasteiger partial charge in [-0.3, -0.25) is 4.98 Å². The van der Waals surface area contributed by atoms with Crippen molar-refractivity contribution < 1.29 is 4.74 Å². The van der Waals surface area contributed by atoms with Crippen LogP contribution in [0.4, 0.5) is 0 Å². The molecule has 4 nitrogen and oxygen atoms in total. The maximum Gasteiger partial charge on any atom is 0.219 e. The molecule has 19 heavy (non-hydrogen) atoms. The molecule has 0 radical (unpaired) electrons. The van der Waals surface area contributed by atoms with Gasteiger partial charge in [-0.15, -0.1) is 0 Å². The molecule has 0 fully saturated rings. The predicted molar refractivity (Wildman–Crippen MR) is 75.4 cm³/mol. The van der Waals surface area contributed by atoms with Crippen molar-refractivity contribution in [3.63, 3.8) is 0 Å². The Balaban J connectivity index is 2.09. The number of hydrogen-bond donors (Lipinski definition) is 1. The van der Waals surface area contributed by atoms with Gasteiger partial charge in [-0.1, -0.05) is 13.0 Å². The number of hydrogen-bond acceptors (Lipinski definition) is 4. The molecule has 2 heterocycles. The largest absolute Gasteiger partial charge is 0.437 e. The molecule has 4 heteroatoms. The molecule has 0 aliphatic heterocycles. The fourth-order valence-corrected chi connectivity index (χ4v) is 1.82. The number of rotatable bonds is 5. The summed E-state index contributed by atoms with van der Waals surface area (Å²) in [6.07, 6.45) is 3.59. The van der Waals surface area contributed by atoms with Crippen LogP contribution < -0.4 is 10.1 Å². The average molecular weight is 257 g/mol. The first-order valence-corrected chi connectivity index (χ1v) is 6.49. The van der Waals surface area contributed by atoms with Crippen LogP contribution in [0.15, 0.2) is 36.7 Å². The summed E-state index contributed by atoms with van der Waals surface area (Å²) in [7, 11) is 0. The minimum atomic E-state index is 0.298. The third-order valence-electron chi connectivity index (χ3n) is 2.94. The van der Waals surface area contributed by atoms with Crippen LogP contribution >= 0.6 is 0 Å². The molecule has 100 valence electrons. The molecule has 1 atom stereocenters. The van der Waals surface area contributed by atoms with E-state index in [9.17, 15) is 0 Å². The highest BCUT2D eigenvalue weighted by Gasteiger charge is 2.06. The van der Waals surface area contributed by atoms with Crippen LogP contribution in [-0.4, -0.2) is 16.5 Å². The summed E-state index contributed by atoms with van der Waals surface area (Å²) >= 11 is 0. The van der Waals surface area contributed by atoms with Crippen molar-refractivity contribution in [3.8, 4) is 11.6 Å². The van der Waals surface area contributed by atoms with Gasteiger partial charge in [-0.2, -0.15) is 0 Å². The first kappa shape index (κ1) is 13.5. The second-order valence-electron chi connectivity index (χ2n) is 4.40. The third kappa shape index (κ3) is 3.51. The fourth-order valence-electron chi connectivity index (χ4n) is 1.82. The lowest BCUT2D eigenvalue weighted by atomic mass is 10.1. The minimum Gasteiger partial charge on any atom is -0.437 e. The van der Waals surface area contributed by atoms with Crippen LogP contribution in [-0.2, 0) is 0 Å². The summed E-state index contributed by atoms with van der Waals surface area (Å²) in [5.74, 6) is 1.33. The van der Waals surface area contributed by atoms with Gasteiger partial charge < -0.3 is 10.1 Å². The molecular weight excluding hydrogens is 238 g/mol.